The van der Waals surface area contributed by atoms with Gasteiger partial charge in [-0.2, -0.15) is 0 Å². The standard InChI is InChI=1S/C16H16/c1-13-9-5-3-8-12-16-14(2)10-6-4-7-11-15(13)16/h3-12H,1-2H3. The molecule has 0 aliphatic heterocycles. The summed E-state index contributed by atoms with van der Waals surface area (Å²) in [6.45, 7) is 4.31. The molecule has 0 saturated heterocycles. The second-order valence-corrected chi connectivity index (χ2v) is 4.01. The summed E-state index contributed by atoms with van der Waals surface area (Å²) in [6, 6.07) is 21.1. The van der Waals surface area contributed by atoms with E-state index in [1.807, 2.05) is 0 Å². The molecule has 0 bridgehead atoms. The predicted molar refractivity (Wildman–Crippen MR) is 70.2 cm³/mol. The second-order valence-electron chi connectivity index (χ2n) is 4.01. The molecule has 0 heterocycles. The third-order valence-electron chi connectivity index (χ3n) is 2.80. The molecular weight excluding hydrogens is 192 g/mol. The molecule has 2 aliphatic carbocycles. The van der Waals surface area contributed by atoms with Gasteiger partial charge in [-0.15, -0.1) is 0 Å². The van der Waals surface area contributed by atoms with Crippen molar-refractivity contribution in [2.24, 2.45) is 0 Å². The van der Waals surface area contributed by atoms with Crippen molar-refractivity contribution >= 4 is 0 Å². The lowest BCUT2D eigenvalue weighted by atomic mass is 9.98. The summed E-state index contributed by atoms with van der Waals surface area (Å²) < 4.78 is 0. The van der Waals surface area contributed by atoms with Crippen molar-refractivity contribution in [1.82, 2.24) is 0 Å². The van der Waals surface area contributed by atoms with Crippen molar-refractivity contribution in [3.8, 4) is 11.1 Å². The average molecular weight is 208 g/mol. The molecule has 0 nitrogen and oxygen atoms in total. The fourth-order valence-electron chi connectivity index (χ4n) is 1.88. The monoisotopic (exact) mass is 208 g/mol. The van der Waals surface area contributed by atoms with E-state index in [0.717, 1.165) is 0 Å². The molecule has 0 radical (unpaired) electrons. The van der Waals surface area contributed by atoms with Gasteiger partial charge in [0.2, 0.25) is 0 Å². The van der Waals surface area contributed by atoms with E-state index < -0.39 is 0 Å². The molecule has 0 atom stereocenters. The van der Waals surface area contributed by atoms with Gasteiger partial charge in [-0.25, -0.2) is 0 Å². The molecule has 2 rings (SSSR count). The van der Waals surface area contributed by atoms with Gasteiger partial charge in [0.1, 0.15) is 0 Å². The number of hydrogen-bond donors (Lipinski definition) is 0. The van der Waals surface area contributed by atoms with Crippen LogP contribution in [0.2, 0.25) is 0 Å². The van der Waals surface area contributed by atoms with E-state index >= 15 is 0 Å². The largest absolute Gasteiger partial charge is 0.0622 e. The third-order valence-corrected chi connectivity index (χ3v) is 2.80. The highest BCUT2D eigenvalue weighted by atomic mass is 14.1. The summed E-state index contributed by atoms with van der Waals surface area (Å²) in [4.78, 5) is 0. The van der Waals surface area contributed by atoms with Crippen molar-refractivity contribution < 1.29 is 0 Å². The van der Waals surface area contributed by atoms with Crippen LogP contribution in [-0.4, -0.2) is 0 Å². The Morgan fingerprint density at radius 2 is 0.875 bits per heavy atom. The first kappa shape index (κ1) is 10.7. The molecule has 16 heavy (non-hydrogen) atoms. The number of hydrogen-bond acceptors (Lipinski definition) is 0. The molecule has 0 amide bonds. The van der Waals surface area contributed by atoms with Crippen molar-refractivity contribution in [3.05, 3.63) is 71.8 Å². The van der Waals surface area contributed by atoms with Crippen LogP contribution in [0.3, 0.4) is 0 Å². The van der Waals surface area contributed by atoms with Crippen molar-refractivity contribution in [3.63, 3.8) is 0 Å². The minimum atomic E-state index is 1.30. The molecule has 0 aromatic carbocycles. The van der Waals surface area contributed by atoms with Gasteiger partial charge in [0.25, 0.3) is 0 Å². The van der Waals surface area contributed by atoms with Gasteiger partial charge >= 0.3 is 0 Å². The molecule has 0 aromatic rings. The Morgan fingerprint density at radius 1 is 0.500 bits per heavy atom. The first-order valence-corrected chi connectivity index (χ1v) is 5.57. The SMILES string of the molecule is Cc1cccccc2c(C)cccccc1-2. The Labute approximate surface area is 97.2 Å². The minimum absolute atomic E-state index is 1.30. The average Bonchev–Trinajstić information content (AvgIpc) is 2.24. The summed E-state index contributed by atoms with van der Waals surface area (Å²) >= 11 is 0. The topological polar surface area (TPSA) is 0 Å². The van der Waals surface area contributed by atoms with Crippen LogP contribution in [0.15, 0.2) is 60.7 Å². The summed E-state index contributed by atoms with van der Waals surface area (Å²) in [6.07, 6.45) is 0. The Morgan fingerprint density at radius 3 is 1.31 bits per heavy atom. The van der Waals surface area contributed by atoms with E-state index in [-0.39, 0.29) is 0 Å². The third kappa shape index (κ3) is 2.22. The van der Waals surface area contributed by atoms with Gasteiger partial charge < -0.3 is 0 Å². The molecule has 0 spiro atoms. The Balaban J connectivity index is 2.88. The van der Waals surface area contributed by atoms with Gasteiger partial charge in [-0.3, -0.25) is 0 Å². The van der Waals surface area contributed by atoms with Crippen LogP contribution in [0.5, 0.6) is 0 Å². The zero-order valence-corrected chi connectivity index (χ0v) is 9.77. The molecule has 2 aliphatic rings. The maximum atomic E-state index is 2.18. The van der Waals surface area contributed by atoms with E-state index in [9.17, 15) is 0 Å². The second kappa shape index (κ2) is 4.80. The lowest BCUT2D eigenvalue weighted by Gasteiger charge is -2.07. The van der Waals surface area contributed by atoms with Crippen LogP contribution in [0.4, 0.5) is 0 Å². The molecule has 0 N–H and O–H groups in total. The van der Waals surface area contributed by atoms with E-state index in [4.69, 9.17) is 0 Å². The van der Waals surface area contributed by atoms with E-state index in [1.165, 1.54) is 22.3 Å². The van der Waals surface area contributed by atoms with Crippen LogP contribution in [0, 0.1) is 13.8 Å². The molecule has 0 heteroatoms. The fourth-order valence-corrected chi connectivity index (χ4v) is 1.88. The number of fused-ring (bicyclic) bond motifs is 1. The van der Waals surface area contributed by atoms with Gasteiger partial charge in [-0.1, -0.05) is 60.7 Å². The molecule has 0 fully saturated rings. The zero-order chi connectivity index (χ0) is 11.4. The number of aryl methyl sites for hydroxylation is 2. The maximum Gasteiger partial charge on any atom is -0.0152 e. The van der Waals surface area contributed by atoms with E-state index in [2.05, 4.69) is 74.5 Å². The molecule has 80 valence electrons. The highest BCUT2D eigenvalue weighted by Crippen LogP contribution is 2.24. The zero-order valence-electron chi connectivity index (χ0n) is 9.77. The van der Waals surface area contributed by atoms with Crippen molar-refractivity contribution in [2.45, 2.75) is 13.8 Å². The lowest BCUT2D eigenvalue weighted by molar-refractivity contribution is 1.42. The van der Waals surface area contributed by atoms with Crippen LogP contribution in [0.1, 0.15) is 11.1 Å². The maximum absolute atomic E-state index is 2.18. The summed E-state index contributed by atoms with van der Waals surface area (Å²) in [7, 11) is 0. The van der Waals surface area contributed by atoms with Crippen LogP contribution < -0.4 is 0 Å². The van der Waals surface area contributed by atoms with E-state index in [1.54, 1.807) is 0 Å². The molecule has 0 saturated carbocycles. The van der Waals surface area contributed by atoms with Gasteiger partial charge in [0, 0.05) is 0 Å². The lowest BCUT2D eigenvalue weighted by Crippen LogP contribution is -1.84. The molecule has 0 aromatic heterocycles. The molecular formula is C16H16. The van der Waals surface area contributed by atoms with Crippen molar-refractivity contribution in [2.75, 3.05) is 0 Å². The fraction of sp³-hybridized carbons (Fsp3) is 0.125. The Kier molecular flexibility index (Phi) is 3.21. The van der Waals surface area contributed by atoms with Gasteiger partial charge in [-0.05, 0) is 36.1 Å². The smallest absolute Gasteiger partial charge is 0.0152 e. The summed E-state index contributed by atoms with van der Waals surface area (Å²) in [5.41, 5.74) is 5.21. The quantitative estimate of drug-likeness (QED) is 0.596. The van der Waals surface area contributed by atoms with Crippen LogP contribution in [-0.2, 0) is 0 Å². The van der Waals surface area contributed by atoms with Crippen molar-refractivity contribution in [1.29, 1.82) is 0 Å². The highest BCUT2D eigenvalue weighted by Gasteiger charge is 2.01. The Bertz CT molecular complexity index is 462. The van der Waals surface area contributed by atoms with Crippen LogP contribution >= 0.6 is 0 Å². The Hall–Kier alpha value is -1.82. The predicted octanol–water partition coefficient (Wildman–Crippen LogP) is 4.53. The first-order chi connectivity index (χ1) is 7.79. The van der Waals surface area contributed by atoms with Gasteiger partial charge in [0.05, 0.1) is 0 Å². The van der Waals surface area contributed by atoms with Crippen LogP contribution in [0.25, 0.3) is 11.1 Å². The minimum Gasteiger partial charge on any atom is -0.0622 e. The summed E-state index contributed by atoms with van der Waals surface area (Å²) in [5.74, 6) is 0. The van der Waals surface area contributed by atoms with E-state index in [0.29, 0.717) is 0 Å². The first-order valence-electron chi connectivity index (χ1n) is 5.57. The normalized spacial score (nSPS) is 9.88. The summed E-state index contributed by atoms with van der Waals surface area (Å²) in [5, 5.41) is 0. The number of rotatable bonds is 0. The van der Waals surface area contributed by atoms with Gasteiger partial charge in [0.15, 0.2) is 0 Å². The highest BCUT2D eigenvalue weighted by molar-refractivity contribution is 5.69. The molecule has 0 unspecified atom stereocenters.